The Kier molecular flexibility index (Phi) is 4.40. The average Bonchev–Trinajstić information content (AvgIpc) is 2.41. The first-order chi connectivity index (χ1) is 9.11. The van der Waals surface area contributed by atoms with E-state index in [1.807, 2.05) is 0 Å². The van der Waals surface area contributed by atoms with E-state index in [4.69, 9.17) is 27.9 Å². The normalized spacial score (nSPS) is 10.3. The molecule has 5 heteroatoms. The smallest absolute Gasteiger partial charge is 0.153 e. The fraction of sp³-hybridized carbons (Fsp3) is 0.0714. The number of rotatable bonds is 4. The van der Waals surface area contributed by atoms with Crippen LogP contribution in [0.1, 0.15) is 15.9 Å². The van der Waals surface area contributed by atoms with Crippen molar-refractivity contribution < 1.29 is 13.9 Å². The molecule has 0 atom stereocenters. The van der Waals surface area contributed by atoms with Crippen LogP contribution in [0.2, 0.25) is 10.0 Å². The van der Waals surface area contributed by atoms with E-state index in [0.717, 1.165) is 0 Å². The first-order valence-electron chi connectivity index (χ1n) is 5.42. The quantitative estimate of drug-likeness (QED) is 0.776. The Hall–Kier alpha value is -1.58. The van der Waals surface area contributed by atoms with Crippen LogP contribution < -0.4 is 4.74 Å². The zero-order valence-corrected chi connectivity index (χ0v) is 11.2. The molecule has 0 heterocycles. The maximum atomic E-state index is 13.3. The second kappa shape index (κ2) is 6.04. The van der Waals surface area contributed by atoms with E-state index in [1.54, 1.807) is 24.3 Å². The van der Waals surface area contributed by atoms with Gasteiger partial charge in [-0.2, -0.15) is 0 Å². The molecule has 0 saturated heterocycles. The van der Waals surface area contributed by atoms with Crippen molar-refractivity contribution in [3.63, 3.8) is 0 Å². The lowest BCUT2D eigenvalue weighted by molar-refractivity contribution is 0.111. The van der Waals surface area contributed by atoms with E-state index in [0.29, 0.717) is 22.4 Å². The highest BCUT2D eigenvalue weighted by molar-refractivity contribution is 6.32. The van der Waals surface area contributed by atoms with Crippen LogP contribution in [0.3, 0.4) is 0 Å². The van der Waals surface area contributed by atoms with E-state index in [1.165, 1.54) is 12.1 Å². The third-order valence-corrected chi connectivity index (χ3v) is 3.10. The monoisotopic (exact) mass is 298 g/mol. The summed E-state index contributed by atoms with van der Waals surface area (Å²) in [6.45, 7) is 0.0959. The van der Waals surface area contributed by atoms with Crippen LogP contribution in [0, 0.1) is 5.82 Å². The van der Waals surface area contributed by atoms with Gasteiger partial charge in [-0.25, -0.2) is 4.39 Å². The van der Waals surface area contributed by atoms with Gasteiger partial charge in [0.05, 0.1) is 15.6 Å². The lowest BCUT2D eigenvalue weighted by Crippen LogP contribution is -1.99. The van der Waals surface area contributed by atoms with E-state index < -0.39 is 5.82 Å². The minimum Gasteiger partial charge on any atom is -0.487 e. The molecule has 98 valence electrons. The SMILES string of the molecule is O=Cc1cccc(Cl)c1OCc1ccc(Cl)c(F)c1. The zero-order chi connectivity index (χ0) is 13.8. The average molecular weight is 299 g/mol. The van der Waals surface area contributed by atoms with Gasteiger partial charge in [0.25, 0.3) is 0 Å². The fourth-order valence-electron chi connectivity index (χ4n) is 1.56. The molecule has 0 aliphatic rings. The molecule has 2 aromatic rings. The molecule has 0 aliphatic heterocycles. The number of benzene rings is 2. The molecule has 0 fully saturated rings. The van der Waals surface area contributed by atoms with Gasteiger partial charge in [0.2, 0.25) is 0 Å². The second-order valence-corrected chi connectivity index (χ2v) is 4.63. The van der Waals surface area contributed by atoms with Gasteiger partial charge in [0.1, 0.15) is 18.2 Å². The van der Waals surface area contributed by atoms with Crippen LogP contribution >= 0.6 is 23.2 Å². The summed E-state index contributed by atoms with van der Waals surface area (Å²) in [7, 11) is 0. The van der Waals surface area contributed by atoms with Gasteiger partial charge >= 0.3 is 0 Å². The first-order valence-corrected chi connectivity index (χ1v) is 6.18. The molecule has 0 bridgehead atoms. The van der Waals surface area contributed by atoms with Crippen LogP contribution in [-0.2, 0) is 6.61 Å². The van der Waals surface area contributed by atoms with Crippen molar-refractivity contribution in [3.05, 3.63) is 63.4 Å². The largest absolute Gasteiger partial charge is 0.487 e. The van der Waals surface area contributed by atoms with Crippen molar-refractivity contribution >= 4 is 29.5 Å². The zero-order valence-electron chi connectivity index (χ0n) is 9.70. The van der Waals surface area contributed by atoms with Crippen molar-refractivity contribution in [2.75, 3.05) is 0 Å². The second-order valence-electron chi connectivity index (χ2n) is 3.81. The fourth-order valence-corrected chi connectivity index (χ4v) is 1.91. The Bertz CT molecular complexity index is 614. The van der Waals surface area contributed by atoms with Crippen LogP contribution in [0.25, 0.3) is 0 Å². The molecular formula is C14H9Cl2FO2. The number of para-hydroxylation sites is 1. The van der Waals surface area contributed by atoms with Crippen molar-refractivity contribution in [2.24, 2.45) is 0 Å². The highest BCUT2D eigenvalue weighted by Crippen LogP contribution is 2.28. The molecule has 0 N–H and O–H groups in total. The minimum absolute atomic E-state index is 0.0510. The van der Waals surface area contributed by atoms with Crippen molar-refractivity contribution in [2.45, 2.75) is 6.61 Å². The van der Waals surface area contributed by atoms with Crippen molar-refractivity contribution in [3.8, 4) is 5.75 Å². The van der Waals surface area contributed by atoms with Crippen molar-refractivity contribution in [1.29, 1.82) is 0 Å². The Labute approximate surface area is 119 Å². The molecule has 0 saturated carbocycles. The summed E-state index contributed by atoms with van der Waals surface area (Å²) in [4.78, 5) is 10.9. The molecule has 2 aromatic carbocycles. The number of carbonyl (C=O) groups excluding carboxylic acids is 1. The number of hydrogen-bond donors (Lipinski definition) is 0. The van der Waals surface area contributed by atoms with Crippen LogP contribution in [0.4, 0.5) is 4.39 Å². The van der Waals surface area contributed by atoms with Gasteiger partial charge in [0, 0.05) is 0 Å². The molecule has 0 unspecified atom stereocenters. The number of halogens is 3. The van der Waals surface area contributed by atoms with Gasteiger partial charge in [-0.05, 0) is 29.8 Å². The summed E-state index contributed by atoms with van der Waals surface area (Å²) in [6, 6.07) is 9.23. The summed E-state index contributed by atoms with van der Waals surface area (Å²) >= 11 is 11.5. The molecule has 2 rings (SSSR count). The molecule has 0 radical (unpaired) electrons. The standard InChI is InChI=1S/C14H9Cl2FO2/c15-11-5-4-9(6-13(11)17)8-19-14-10(7-18)2-1-3-12(14)16/h1-7H,8H2. The summed E-state index contributed by atoms with van der Waals surface area (Å²) < 4.78 is 18.7. The van der Waals surface area contributed by atoms with Crippen LogP contribution in [0.5, 0.6) is 5.75 Å². The molecular weight excluding hydrogens is 290 g/mol. The Morgan fingerprint density at radius 2 is 1.95 bits per heavy atom. The maximum Gasteiger partial charge on any atom is 0.153 e. The third kappa shape index (κ3) is 3.25. The Morgan fingerprint density at radius 3 is 2.63 bits per heavy atom. The molecule has 0 aliphatic carbocycles. The Morgan fingerprint density at radius 1 is 1.16 bits per heavy atom. The molecule has 2 nitrogen and oxygen atoms in total. The molecule has 0 spiro atoms. The lowest BCUT2D eigenvalue weighted by atomic mass is 10.2. The summed E-state index contributed by atoms with van der Waals surface area (Å²) in [5, 5.41) is 0.383. The molecule has 0 aromatic heterocycles. The number of aldehydes is 1. The van der Waals surface area contributed by atoms with Gasteiger partial charge in [-0.15, -0.1) is 0 Å². The predicted octanol–water partition coefficient (Wildman–Crippen LogP) is 4.52. The Balaban J connectivity index is 2.18. The van der Waals surface area contributed by atoms with Gasteiger partial charge in [0.15, 0.2) is 6.29 Å². The van der Waals surface area contributed by atoms with Crippen LogP contribution in [0.15, 0.2) is 36.4 Å². The topological polar surface area (TPSA) is 26.3 Å². The third-order valence-electron chi connectivity index (χ3n) is 2.49. The summed E-state index contributed by atoms with van der Waals surface area (Å²) in [5.74, 6) is -0.230. The molecule has 0 amide bonds. The minimum atomic E-state index is -0.516. The predicted molar refractivity (Wildman–Crippen MR) is 72.6 cm³/mol. The number of hydrogen-bond acceptors (Lipinski definition) is 2. The van der Waals surface area contributed by atoms with E-state index in [-0.39, 0.29) is 17.4 Å². The van der Waals surface area contributed by atoms with E-state index in [2.05, 4.69) is 0 Å². The van der Waals surface area contributed by atoms with E-state index >= 15 is 0 Å². The lowest BCUT2D eigenvalue weighted by Gasteiger charge is -2.10. The maximum absolute atomic E-state index is 13.3. The number of ether oxygens (including phenoxy) is 1. The van der Waals surface area contributed by atoms with Gasteiger partial charge < -0.3 is 4.74 Å². The number of carbonyl (C=O) groups is 1. The van der Waals surface area contributed by atoms with Gasteiger partial charge in [-0.1, -0.05) is 35.3 Å². The highest BCUT2D eigenvalue weighted by atomic mass is 35.5. The van der Waals surface area contributed by atoms with Gasteiger partial charge in [-0.3, -0.25) is 4.79 Å². The summed E-state index contributed by atoms with van der Waals surface area (Å²) in [6.07, 6.45) is 0.656. The first kappa shape index (κ1) is 13.8. The van der Waals surface area contributed by atoms with Crippen molar-refractivity contribution in [1.82, 2.24) is 0 Å². The van der Waals surface area contributed by atoms with E-state index in [9.17, 15) is 9.18 Å². The van der Waals surface area contributed by atoms with Crippen LogP contribution in [-0.4, -0.2) is 6.29 Å². The summed E-state index contributed by atoms with van der Waals surface area (Å²) in [5.41, 5.74) is 0.945. The highest BCUT2D eigenvalue weighted by Gasteiger charge is 2.08. The molecule has 19 heavy (non-hydrogen) atoms.